The number of hydrogen-bond acceptors (Lipinski definition) is 5. The monoisotopic (exact) mass is 387 g/mol. The van der Waals surface area contributed by atoms with E-state index in [0.717, 1.165) is 12.1 Å². The molecule has 1 aliphatic heterocycles. The number of fused-ring (bicyclic) bond motifs is 1. The van der Waals surface area contributed by atoms with Crippen LogP contribution in [0.1, 0.15) is 28.5 Å². The van der Waals surface area contributed by atoms with Crippen LogP contribution in [-0.2, 0) is 17.8 Å². The first-order chi connectivity index (χ1) is 14.1. The number of benzene rings is 2. The number of hydrogen-bond donors (Lipinski definition) is 2. The van der Waals surface area contributed by atoms with E-state index in [2.05, 4.69) is 33.0 Å². The van der Waals surface area contributed by atoms with Gasteiger partial charge in [-0.15, -0.1) is 10.2 Å². The van der Waals surface area contributed by atoms with Gasteiger partial charge in [0.05, 0.1) is 0 Å². The number of nitrogens with one attached hydrogen (secondary N) is 2. The molecular weight excluding hydrogens is 366 g/mol. The Morgan fingerprint density at radius 2 is 1.72 bits per heavy atom. The summed E-state index contributed by atoms with van der Waals surface area (Å²) < 4.78 is 0. The van der Waals surface area contributed by atoms with Gasteiger partial charge in [0.1, 0.15) is 0 Å². The third-order valence-corrected chi connectivity index (χ3v) is 4.76. The summed E-state index contributed by atoms with van der Waals surface area (Å²) in [5.74, 6) is 0.266. The Balaban J connectivity index is 1.43. The maximum atomic E-state index is 12.8. The van der Waals surface area contributed by atoms with Gasteiger partial charge >= 0.3 is 0 Å². The molecule has 146 valence electrons. The lowest BCUT2D eigenvalue weighted by molar-refractivity contribution is -0.114. The molecule has 2 heterocycles. The van der Waals surface area contributed by atoms with Crippen molar-refractivity contribution in [3.8, 4) is 0 Å². The lowest BCUT2D eigenvalue weighted by Crippen LogP contribution is -2.36. The van der Waals surface area contributed by atoms with Crippen LogP contribution in [0.5, 0.6) is 0 Å². The van der Waals surface area contributed by atoms with Crippen LogP contribution < -0.4 is 10.6 Å². The first-order valence-corrected chi connectivity index (χ1v) is 9.43. The molecule has 29 heavy (non-hydrogen) atoms. The van der Waals surface area contributed by atoms with Gasteiger partial charge in [0.25, 0.3) is 5.91 Å². The lowest BCUT2D eigenvalue weighted by Gasteiger charge is -2.28. The second kappa shape index (κ2) is 8.10. The fourth-order valence-electron chi connectivity index (χ4n) is 3.37. The topological polar surface area (TPSA) is 87.2 Å². The van der Waals surface area contributed by atoms with Crippen molar-refractivity contribution in [3.05, 3.63) is 77.5 Å². The highest BCUT2D eigenvalue weighted by Gasteiger charge is 2.22. The smallest absolute Gasteiger partial charge is 0.274 e. The summed E-state index contributed by atoms with van der Waals surface area (Å²) in [4.78, 5) is 25.8. The molecule has 7 nitrogen and oxygen atoms in total. The van der Waals surface area contributed by atoms with Gasteiger partial charge in [-0.05, 0) is 47.9 Å². The number of carbonyl (C=O) groups excluding carboxylic acids is 2. The Bertz CT molecular complexity index is 1050. The van der Waals surface area contributed by atoms with Crippen molar-refractivity contribution >= 4 is 29.0 Å². The maximum Gasteiger partial charge on any atom is 0.274 e. The molecule has 4 rings (SSSR count). The predicted molar refractivity (Wildman–Crippen MR) is 111 cm³/mol. The second-order valence-corrected chi connectivity index (χ2v) is 6.94. The van der Waals surface area contributed by atoms with Crippen LogP contribution in [0.3, 0.4) is 0 Å². The number of amides is 2. The van der Waals surface area contributed by atoms with E-state index in [1.165, 1.54) is 18.1 Å². The molecule has 0 unspecified atom stereocenters. The summed E-state index contributed by atoms with van der Waals surface area (Å²) in [6, 6.07) is 18.9. The molecule has 2 amide bonds. The molecule has 0 spiro atoms. The molecule has 0 bridgehead atoms. The fourth-order valence-corrected chi connectivity index (χ4v) is 3.37. The summed E-state index contributed by atoms with van der Waals surface area (Å²) in [5.41, 5.74) is 4.24. The standard InChI is InChI=1S/C22H21N5O2/c1-15(28)23-18-7-4-8-19(13-18)24-21-10-9-20(25-26-21)22(29)27-12-11-16-5-2-3-6-17(16)14-27/h2-10,13H,11-12,14H2,1H3,(H,23,28)(H,24,26). The van der Waals surface area contributed by atoms with Crippen molar-refractivity contribution in [2.75, 3.05) is 17.2 Å². The van der Waals surface area contributed by atoms with Gasteiger partial charge < -0.3 is 15.5 Å². The van der Waals surface area contributed by atoms with Crippen LogP contribution in [0, 0.1) is 0 Å². The number of aromatic nitrogens is 2. The zero-order chi connectivity index (χ0) is 20.2. The Morgan fingerprint density at radius 3 is 2.48 bits per heavy atom. The lowest BCUT2D eigenvalue weighted by atomic mass is 10.00. The normalized spacial score (nSPS) is 12.8. The van der Waals surface area contributed by atoms with Crippen LogP contribution in [0.15, 0.2) is 60.7 Å². The van der Waals surface area contributed by atoms with Crippen molar-refractivity contribution in [2.24, 2.45) is 0 Å². The molecule has 0 saturated carbocycles. The van der Waals surface area contributed by atoms with E-state index < -0.39 is 0 Å². The highest BCUT2D eigenvalue weighted by Crippen LogP contribution is 2.21. The van der Waals surface area contributed by atoms with Gasteiger partial charge in [-0.3, -0.25) is 9.59 Å². The van der Waals surface area contributed by atoms with E-state index in [4.69, 9.17) is 0 Å². The van der Waals surface area contributed by atoms with Crippen molar-refractivity contribution in [1.29, 1.82) is 0 Å². The summed E-state index contributed by atoms with van der Waals surface area (Å²) in [5, 5.41) is 14.1. The zero-order valence-electron chi connectivity index (χ0n) is 16.1. The predicted octanol–water partition coefficient (Wildman–Crippen LogP) is 3.38. The second-order valence-electron chi connectivity index (χ2n) is 6.94. The van der Waals surface area contributed by atoms with Crippen LogP contribution in [0.2, 0.25) is 0 Å². The number of rotatable bonds is 4. The largest absolute Gasteiger partial charge is 0.339 e. The van der Waals surface area contributed by atoms with Crippen LogP contribution in [0.25, 0.3) is 0 Å². The van der Waals surface area contributed by atoms with Gasteiger partial charge in [0.2, 0.25) is 5.91 Å². The minimum absolute atomic E-state index is 0.119. The minimum atomic E-state index is -0.134. The molecule has 2 N–H and O–H groups in total. The Morgan fingerprint density at radius 1 is 0.931 bits per heavy atom. The highest BCUT2D eigenvalue weighted by atomic mass is 16.2. The Hall–Kier alpha value is -3.74. The molecule has 1 aromatic heterocycles. The van der Waals surface area contributed by atoms with Gasteiger partial charge in [-0.2, -0.15) is 0 Å². The third-order valence-electron chi connectivity index (χ3n) is 4.76. The van der Waals surface area contributed by atoms with E-state index in [1.54, 1.807) is 29.2 Å². The van der Waals surface area contributed by atoms with Crippen LogP contribution in [0.4, 0.5) is 17.2 Å². The van der Waals surface area contributed by atoms with Crippen LogP contribution >= 0.6 is 0 Å². The van der Waals surface area contributed by atoms with Gasteiger partial charge in [-0.1, -0.05) is 30.3 Å². The van der Waals surface area contributed by atoms with Crippen molar-refractivity contribution in [3.63, 3.8) is 0 Å². The SMILES string of the molecule is CC(=O)Nc1cccc(Nc2ccc(C(=O)N3CCc4ccccc4C3)nn2)c1. The summed E-state index contributed by atoms with van der Waals surface area (Å²) in [7, 11) is 0. The maximum absolute atomic E-state index is 12.8. The summed E-state index contributed by atoms with van der Waals surface area (Å²) in [6.07, 6.45) is 0.847. The fraction of sp³-hybridized carbons (Fsp3) is 0.182. The zero-order valence-corrected chi connectivity index (χ0v) is 16.1. The average molecular weight is 387 g/mol. The van der Waals surface area contributed by atoms with E-state index in [-0.39, 0.29) is 11.8 Å². The number of nitrogens with zero attached hydrogens (tertiary/aromatic N) is 3. The number of carbonyl (C=O) groups is 2. The van der Waals surface area contributed by atoms with Gasteiger partial charge in [0.15, 0.2) is 11.5 Å². The molecule has 0 saturated heterocycles. The number of anilines is 3. The van der Waals surface area contributed by atoms with E-state index in [9.17, 15) is 9.59 Å². The molecule has 3 aromatic rings. The quantitative estimate of drug-likeness (QED) is 0.717. The van der Waals surface area contributed by atoms with Crippen LogP contribution in [-0.4, -0.2) is 33.5 Å². The molecule has 7 heteroatoms. The molecule has 0 aliphatic carbocycles. The molecule has 1 aliphatic rings. The first-order valence-electron chi connectivity index (χ1n) is 9.43. The molecule has 0 fully saturated rings. The van der Waals surface area contributed by atoms with E-state index >= 15 is 0 Å². The molecule has 2 aromatic carbocycles. The molecular formula is C22H21N5O2. The highest BCUT2D eigenvalue weighted by molar-refractivity contribution is 5.92. The summed E-state index contributed by atoms with van der Waals surface area (Å²) in [6.45, 7) is 2.72. The van der Waals surface area contributed by atoms with Crippen molar-refractivity contribution in [1.82, 2.24) is 15.1 Å². The molecule has 0 atom stereocenters. The molecule has 0 radical (unpaired) electrons. The Kier molecular flexibility index (Phi) is 5.20. The van der Waals surface area contributed by atoms with Gasteiger partial charge in [0, 0.05) is 31.4 Å². The third kappa shape index (κ3) is 4.40. The minimum Gasteiger partial charge on any atom is -0.339 e. The van der Waals surface area contributed by atoms with E-state index in [1.807, 2.05) is 24.3 Å². The Labute approximate surface area is 168 Å². The van der Waals surface area contributed by atoms with Crippen molar-refractivity contribution < 1.29 is 9.59 Å². The first kappa shape index (κ1) is 18.6. The van der Waals surface area contributed by atoms with E-state index in [0.29, 0.717) is 30.3 Å². The summed E-state index contributed by atoms with van der Waals surface area (Å²) >= 11 is 0. The average Bonchev–Trinajstić information content (AvgIpc) is 2.73. The van der Waals surface area contributed by atoms with Gasteiger partial charge in [-0.25, -0.2) is 0 Å². The van der Waals surface area contributed by atoms with Crippen molar-refractivity contribution in [2.45, 2.75) is 19.9 Å².